The monoisotopic (exact) mass is 217 g/mol. The zero-order chi connectivity index (χ0) is 11.5. The van der Waals surface area contributed by atoms with Gasteiger partial charge in [0, 0.05) is 11.7 Å². The van der Waals surface area contributed by atoms with Crippen molar-refractivity contribution in [1.29, 1.82) is 0 Å². The van der Waals surface area contributed by atoms with Crippen molar-refractivity contribution in [2.75, 3.05) is 0 Å². The lowest BCUT2D eigenvalue weighted by Gasteiger charge is -2.04. The Morgan fingerprint density at radius 2 is 2.25 bits per heavy atom. The molecule has 2 rings (SSSR count). The van der Waals surface area contributed by atoms with E-state index in [-0.39, 0.29) is 12.5 Å². The molecule has 1 aromatic carbocycles. The molecule has 0 radical (unpaired) electrons. The van der Waals surface area contributed by atoms with Gasteiger partial charge >= 0.3 is 0 Å². The van der Waals surface area contributed by atoms with Crippen molar-refractivity contribution in [3.63, 3.8) is 0 Å². The standard InChI is InChI=1S/C12H15N3O/c1-2-9-3-4-11-10(7-9)5-6-15(11)8-12(16)14-13/h3-7H,2,8,13H2,1H3,(H,14,16). The van der Waals surface area contributed by atoms with Gasteiger partial charge in [-0.3, -0.25) is 10.2 Å². The summed E-state index contributed by atoms with van der Waals surface area (Å²) in [4.78, 5) is 11.2. The normalized spacial score (nSPS) is 10.6. The van der Waals surface area contributed by atoms with Crippen LogP contribution in [0.15, 0.2) is 30.5 Å². The summed E-state index contributed by atoms with van der Waals surface area (Å²) in [5.41, 5.74) is 4.49. The molecule has 0 aliphatic heterocycles. The third-order valence-corrected chi connectivity index (χ3v) is 2.72. The van der Waals surface area contributed by atoms with Gasteiger partial charge in [0.15, 0.2) is 0 Å². The van der Waals surface area contributed by atoms with Gasteiger partial charge in [-0.1, -0.05) is 13.0 Å². The van der Waals surface area contributed by atoms with Crippen LogP contribution >= 0.6 is 0 Å². The molecule has 0 saturated heterocycles. The number of aromatic nitrogens is 1. The van der Waals surface area contributed by atoms with Crippen LogP contribution in [-0.4, -0.2) is 10.5 Å². The van der Waals surface area contributed by atoms with Crippen LogP contribution in [0.25, 0.3) is 10.9 Å². The lowest BCUT2D eigenvalue weighted by Crippen LogP contribution is -2.33. The highest BCUT2D eigenvalue weighted by atomic mass is 16.2. The Morgan fingerprint density at radius 1 is 1.44 bits per heavy atom. The average molecular weight is 217 g/mol. The van der Waals surface area contributed by atoms with E-state index in [1.807, 2.05) is 22.9 Å². The summed E-state index contributed by atoms with van der Waals surface area (Å²) < 4.78 is 1.89. The number of carbonyl (C=O) groups excluding carboxylic acids is 1. The van der Waals surface area contributed by atoms with Crippen LogP contribution in [0.5, 0.6) is 0 Å². The summed E-state index contributed by atoms with van der Waals surface area (Å²) in [7, 11) is 0. The predicted molar refractivity (Wildman–Crippen MR) is 63.6 cm³/mol. The summed E-state index contributed by atoms with van der Waals surface area (Å²) in [6, 6.07) is 8.28. The number of nitrogens with one attached hydrogen (secondary N) is 1. The highest BCUT2D eigenvalue weighted by molar-refractivity contribution is 5.83. The van der Waals surface area contributed by atoms with Crippen molar-refractivity contribution in [2.24, 2.45) is 5.84 Å². The van der Waals surface area contributed by atoms with Crippen molar-refractivity contribution in [3.05, 3.63) is 36.0 Å². The van der Waals surface area contributed by atoms with Crippen LogP contribution < -0.4 is 11.3 Å². The molecule has 0 aliphatic rings. The SMILES string of the molecule is CCc1ccc2c(ccn2CC(=O)NN)c1. The molecule has 4 heteroatoms. The first-order valence-electron chi connectivity index (χ1n) is 5.32. The van der Waals surface area contributed by atoms with E-state index < -0.39 is 0 Å². The molecule has 2 aromatic rings. The van der Waals surface area contributed by atoms with Crippen molar-refractivity contribution in [3.8, 4) is 0 Å². The fourth-order valence-corrected chi connectivity index (χ4v) is 1.81. The minimum absolute atomic E-state index is 0.197. The lowest BCUT2D eigenvalue weighted by atomic mass is 10.1. The number of hydrazine groups is 1. The first kappa shape index (κ1) is 10.7. The van der Waals surface area contributed by atoms with Gasteiger partial charge in [0.2, 0.25) is 0 Å². The minimum atomic E-state index is -0.197. The summed E-state index contributed by atoms with van der Waals surface area (Å²) in [5.74, 6) is 4.87. The topological polar surface area (TPSA) is 60.0 Å². The van der Waals surface area contributed by atoms with E-state index in [2.05, 4.69) is 24.5 Å². The maximum absolute atomic E-state index is 11.2. The van der Waals surface area contributed by atoms with Gasteiger partial charge in [-0.2, -0.15) is 0 Å². The number of nitrogens with zero attached hydrogens (tertiary/aromatic N) is 1. The average Bonchev–Trinajstić information content (AvgIpc) is 2.71. The van der Waals surface area contributed by atoms with Gasteiger partial charge in [0.25, 0.3) is 5.91 Å². The molecule has 0 atom stereocenters. The van der Waals surface area contributed by atoms with Crippen LogP contribution in [0, 0.1) is 0 Å². The largest absolute Gasteiger partial charge is 0.338 e. The third-order valence-electron chi connectivity index (χ3n) is 2.72. The minimum Gasteiger partial charge on any atom is -0.338 e. The van der Waals surface area contributed by atoms with Crippen LogP contribution in [0.4, 0.5) is 0 Å². The van der Waals surface area contributed by atoms with Gasteiger partial charge in [-0.25, -0.2) is 5.84 Å². The van der Waals surface area contributed by atoms with Gasteiger partial charge in [-0.05, 0) is 35.6 Å². The first-order valence-corrected chi connectivity index (χ1v) is 5.32. The number of amides is 1. The fraction of sp³-hybridized carbons (Fsp3) is 0.250. The molecular formula is C12H15N3O. The third kappa shape index (κ3) is 1.92. The van der Waals surface area contributed by atoms with E-state index in [0.29, 0.717) is 0 Å². The molecule has 3 N–H and O–H groups in total. The molecule has 0 fully saturated rings. The van der Waals surface area contributed by atoms with E-state index in [4.69, 9.17) is 5.84 Å². The quantitative estimate of drug-likeness (QED) is 0.461. The number of hydrogen-bond acceptors (Lipinski definition) is 2. The molecule has 4 nitrogen and oxygen atoms in total. The van der Waals surface area contributed by atoms with E-state index in [1.54, 1.807) is 0 Å². The summed E-state index contributed by atoms with van der Waals surface area (Å²) in [5, 5.41) is 1.16. The van der Waals surface area contributed by atoms with Crippen LogP contribution in [0.3, 0.4) is 0 Å². The van der Waals surface area contributed by atoms with E-state index in [9.17, 15) is 4.79 Å². The molecule has 1 heterocycles. The molecule has 0 bridgehead atoms. The second kappa shape index (κ2) is 4.37. The molecule has 0 spiro atoms. The number of benzene rings is 1. The summed E-state index contributed by atoms with van der Waals surface area (Å²) in [6.07, 6.45) is 2.92. The first-order chi connectivity index (χ1) is 7.74. The Labute approximate surface area is 94.0 Å². The summed E-state index contributed by atoms with van der Waals surface area (Å²) >= 11 is 0. The molecule has 16 heavy (non-hydrogen) atoms. The van der Waals surface area contributed by atoms with Crippen LogP contribution in [-0.2, 0) is 17.8 Å². The smallest absolute Gasteiger partial charge is 0.253 e. The van der Waals surface area contributed by atoms with Crippen LogP contribution in [0.1, 0.15) is 12.5 Å². The Morgan fingerprint density at radius 3 is 2.94 bits per heavy atom. The molecule has 0 unspecified atom stereocenters. The van der Waals surface area contributed by atoms with Crippen molar-refractivity contribution in [2.45, 2.75) is 19.9 Å². The highest BCUT2D eigenvalue weighted by Gasteiger charge is 2.04. The second-order valence-electron chi connectivity index (χ2n) is 3.76. The van der Waals surface area contributed by atoms with E-state index >= 15 is 0 Å². The van der Waals surface area contributed by atoms with E-state index in [1.165, 1.54) is 5.56 Å². The molecule has 0 aliphatic carbocycles. The van der Waals surface area contributed by atoms with Crippen molar-refractivity contribution in [1.82, 2.24) is 9.99 Å². The Balaban J connectivity index is 2.37. The van der Waals surface area contributed by atoms with Gasteiger partial charge in [0.05, 0.1) is 0 Å². The zero-order valence-electron chi connectivity index (χ0n) is 9.23. The number of hydrogen-bond donors (Lipinski definition) is 2. The van der Waals surface area contributed by atoms with E-state index in [0.717, 1.165) is 17.3 Å². The van der Waals surface area contributed by atoms with Crippen molar-refractivity contribution < 1.29 is 4.79 Å². The Kier molecular flexibility index (Phi) is 2.92. The van der Waals surface area contributed by atoms with Crippen LogP contribution in [0.2, 0.25) is 0 Å². The summed E-state index contributed by atoms with van der Waals surface area (Å²) in [6.45, 7) is 2.38. The highest BCUT2D eigenvalue weighted by Crippen LogP contribution is 2.17. The van der Waals surface area contributed by atoms with Crippen molar-refractivity contribution >= 4 is 16.8 Å². The number of carbonyl (C=O) groups is 1. The van der Waals surface area contributed by atoms with Gasteiger partial charge in [0.1, 0.15) is 6.54 Å². The molecule has 84 valence electrons. The number of rotatable bonds is 3. The molecule has 0 saturated carbocycles. The lowest BCUT2D eigenvalue weighted by molar-refractivity contribution is -0.121. The molecule has 1 amide bonds. The fourth-order valence-electron chi connectivity index (χ4n) is 1.81. The number of nitrogens with two attached hydrogens (primary N) is 1. The predicted octanol–water partition coefficient (Wildman–Crippen LogP) is 1.19. The Bertz CT molecular complexity index is 516. The number of fused-ring (bicyclic) bond motifs is 1. The molecular weight excluding hydrogens is 202 g/mol. The van der Waals surface area contributed by atoms with Gasteiger partial charge in [-0.15, -0.1) is 0 Å². The second-order valence-corrected chi connectivity index (χ2v) is 3.76. The number of aryl methyl sites for hydroxylation is 1. The van der Waals surface area contributed by atoms with Gasteiger partial charge < -0.3 is 4.57 Å². The maximum atomic E-state index is 11.2. The maximum Gasteiger partial charge on any atom is 0.253 e. The molecule has 1 aromatic heterocycles. The Hall–Kier alpha value is -1.81. The zero-order valence-corrected chi connectivity index (χ0v) is 9.23.